The van der Waals surface area contributed by atoms with E-state index >= 15 is 0 Å². The van der Waals surface area contributed by atoms with Crippen molar-refractivity contribution in [3.05, 3.63) is 77.9 Å². The smallest absolute Gasteiger partial charge is 0.222 e. The lowest BCUT2D eigenvalue weighted by molar-refractivity contribution is -0.132. The molecular weight excluding hydrogens is 460 g/mol. The van der Waals surface area contributed by atoms with Gasteiger partial charge in [-0.15, -0.1) is 0 Å². The van der Waals surface area contributed by atoms with Crippen molar-refractivity contribution < 1.29 is 14.6 Å². The van der Waals surface area contributed by atoms with Crippen molar-refractivity contribution in [2.75, 3.05) is 39.3 Å². The van der Waals surface area contributed by atoms with E-state index in [0.29, 0.717) is 25.3 Å². The van der Waals surface area contributed by atoms with Gasteiger partial charge < -0.3 is 19.6 Å². The van der Waals surface area contributed by atoms with Crippen LogP contribution in [-0.2, 0) is 11.2 Å². The Morgan fingerprint density at radius 1 is 0.892 bits per heavy atom. The molecule has 1 N–H and O–H groups in total. The summed E-state index contributed by atoms with van der Waals surface area (Å²) in [5.41, 5.74) is 2.49. The molecule has 1 unspecified atom stereocenters. The molecule has 1 atom stereocenters. The molecule has 0 aromatic heterocycles. The highest BCUT2D eigenvalue weighted by Gasteiger charge is 2.24. The fourth-order valence-electron chi connectivity index (χ4n) is 5.96. The quantitative estimate of drug-likeness (QED) is 0.427. The minimum atomic E-state index is -0.544. The summed E-state index contributed by atoms with van der Waals surface area (Å²) in [6.07, 6.45) is 6.31. The SMILES string of the molecule is O=C(CCc1ccccc1OCC(O)CN1CCC(c2cccc3ccccc23)CC1)N1CCCCC1. The standard InChI is InChI=1S/C32H40N2O3/c35-28(23-33-21-17-26(18-22-33)30-13-8-11-25-9-2-4-12-29(25)30)24-37-31-14-5-3-10-27(31)15-16-32(36)34-19-6-1-7-20-34/h2-5,8-14,26,28,35H,1,6-7,15-24H2. The van der Waals surface area contributed by atoms with Gasteiger partial charge in [-0.2, -0.15) is 0 Å². The Morgan fingerprint density at radius 3 is 2.46 bits per heavy atom. The van der Waals surface area contributed by atoms with Crippen LogP contribution in [0, 0.1) is 0 Å². The van der Waals surface area contributed by atoms with Gasteiger partial charge in [0.2, 0.25) is 5.91 Å². The lowest BCUT2D eigenvalue weighted by Crippen LogP contribution is -2.40. The number of piperidine rings is 2. The minimum absolute atomic E-state index is 0.237. The van der Waals surface area contributed by atoms with Crippen LogP contribution in [-0.4, -0.2) is 66.2 Å². The van der Waals surface area contributed by atoms with E-state index < -0.39 is 6.10 Å². The van der Waals surface area contributed by atoms with Crippen molar-refractivity contribution in [2.24, 2.45) is 0 Å². The van der Waals surface area contributed by atoms with Crippen LogP contribution in [0.15, 0.2) is 66.7 Å². The number of amides is 1. The lowest BCUT2D eigenvalue weighted by atomic mass is 9.86. The maximum absolute atomic E-state index is 12.6. The number of hydrogen-bond donors (Lipinski definition) is 1. The number of carbonyl (C=O) groups excluding carboxylic acids is 1. The van der Waals surface area contributed by atoms with Crippen LogP contribution in [0.5, 0.6) is 5.75 Å². The molecule has 5 rings (SSSR count). The van der Waals surface area contributed by atoms with Gasteiger partial charge in [-0.1, -0.05) is 60.7 Å². The van der Waals surface area contributed by atoms with Gasteiger partial charge in [-0.3, -0.25) is 4.79 Å². The van der Waals surface area contributed by atoms with Crippen LogP contribution in [0.2, 0.25) is 0 Å². The van der Waals surface area contributed by atoms with Gasteiger partial charge in [0.15, 0.2) is 0 Å². The Morgan fingerprint density at radius 2 is 1.62 bits per heavy atom. The molecular formula is C32H40N2O3. The molecule has 2 fully saturated rings. The predicted octanol–water partition coefficient (Wildman–Crippen LogP) is 5.40. The summed E-state index contributed by atoms with van der Waals surface area (Å²) in [5.74, 6) is 1.58. The van der Waals surface area contributed by atoms with E-state index in [-0.39, 0.29) is 12.5 Å². The molecule has 0 radical (unpaired) electrons. The number of fused-ring (bicyclic) bond motifs is 1. The Labute approximate surface area is 221 Å². The highest BCUT2D eigenvalue weighted by molar-refractivity contribution is 5.86. The molecule has 196 valence electrons. The van der Waals surface area contributed by atoms with Crippen LogP contribution in [0.4, 0.5) is 0 Å². The predicted molar refractivity (Wildman–Crippen MR) is 149 cm³/mol. The summed E-state index contributed by atoms with van der Waals surface area (Å²) in [4.78, 5) is 16.9. The Balaban J connectivity index is 1.08. The van der Waals surface area contributed by atoms with Crippen molar-refractivity contribution in [3.63, 3.8) is 0 Å². The van der Waals surface area contributed by atoms with E-state index in [1.54, 1.807) is 0 Å². The summed E-state index contributed by atoms with van der Waals surface area (Å²) < 4.78 is 6.06. The number of β-amino-alcohol motifs (C(OH)–C–C–N with tert-alkyl or cyclic N) is 1. The number of hydrogen-bond acceptors (Lipinski definition) is 4. The number of para-hydroxylation sites is 1. The van der Waals surface area contributed by atoms with E-state index in [2.05, 4.69) is 47.4 Å². The molecule has 0 bridgehead atoms. The van der Waals surface area contributed by atoms with Crippen LogP contribution < -0.4 is 4.74 Å². The molecule has 37 heavy (non-hydrogen) atoms. The second-order valence-corrected chi connectivity index (χ2v) is 10.7. The lowest BCUT2D eigenvalue weighted by Gasteiger charge is -2.33. The largest absolute Gasteiger partial charge is 0.491 e. The highest BCUT2D eigenvalue weighted by atomic mass is 16.5. The van der Waals surface area contributed by atoms with Gasteiger partial charge in [0.25, 0.3) is 0 Å². The zero-order valence-electron chi connectivity index (χ0n) is 21.9. The number of carbonyl (C=O) groups is 1. The Kier molecular flexibility index (Phi) is 8.75. The Bertz CT molecular complexity index is 1160. The summed E-state index contributed by atoms with van der Waals surface area (Å²) in [7, 11) is 0. The summed E-state index contributed by atoms with van der Waals surface area (Å²) in [6, 6.07) is 23.2. The minimum Gasteiger partial charge on any atom is -0.491 e. The third-order valence-electron chi connectivity index (χ3n) is 8.04. The first-order chi connectivity index (χ1) is 18.2. The van der Waals surface area contributed by atoms with Gasteiger partial charge in [-0.25, -0.2) is 0 Å². The number of rotatable bonds is 9. The molecule has 2 heterocycles. The van der Waals surface area contributed by atoms with Crippen molar-refractivity contribution in [1.29, 1.82) is 0 Å². The number of likely N-dealkylation sites (tertiary alicyclic amines) is 2. The fraction of sp³-hybridized carbons (Fsp3) is 0.469. The molecule has 0 aliphatic carbocycles. The second kappa shape index (κ2) is 12.6. The second-order valence-electron chi connectivity index (χ2n) is 10.7. The van der Waals surface area contributed by atoms with Crippen molar-refractivity contribution in [3.8, 4) is 5.75 Å². The third-order valence-corrected chi connectivity index (χ3v) is 8.04. The molecule has 3 aromatic rings. The van der Waals surface area contributed by atoms with Crippen LogP contribution >= 0.6 is 0 Å². The summed E-state index contributed by atoms with van der Waals surface area (Å²) in [6.45, 7) is 4.64. The van der Waals surface area contributed by atoms with Gasteiger partial charge in [0.05, 0.1) is 0 Å². The molecule has 3 aromatic carbocycles. The Hall–Kier alpha value is -2.89. The first-order valence-electron chi connectivity index (χ1n) is 14.0. The average Bonchev–Trinajstić information content (AvgIpc) is 2.96. The summed E-state index contributed by atoms with van der Waals surface area (Å²) >= 11 is 0. The molecule has 2 aliphatic heterocycles. The highest BCUT2D eigenvalue weighted by Crippen LogP contribution is 2.33. The van der Waals surface area contributed by atoms with Gasteiger partial charge in [-0.05, 0) is 85.5 Å². The van der Waals surface area contributed by atoms with E-state index in [1.807, 2.05) is 29.2 Å². The van der Waals surface area contributed by atoms with Gasteiger partial charge >= 0.3 is 0 Å². The molecule has 5 nitrogen and oxygen atoms in total. The fourth-order valence-corrected chi connectivity index (χ4v) is 5.96. The van der Waals surface area contributed by atoms with Crippen LogP contribution in [0.25, 0.3) is 10.8 Å². The van der Waals surface area contributed by atoms with Crippen molar-refractivity contribution in [2.45, 2.75) is 57.0 Å². The van der Waals surface area contributed by atoms with Gasteiger partial charge in [0.1, 0.15) is 18.5 Å². The van der Waals surface area contributed by atoms with E-state index in [0.717, 1.165) is 63.2 Å². The molecule has 0 spiro atoms. The normalized spacial score (nSPS) is 18.1. The van der Waals surface area contributed by atoms with Gasteiger partial charge in [0, 0.05) is 26.1 Å². The number of aliphatic hydroxyl groups excluding tert-OH is 1. The third kappa shape index (κ3) is 6.71. The van der Waals surface area contributed by atoms with Crippen molar-refractivity contribution in [1.82, 2.24) is 9.80 Å². The monoisotopic (exact) mass is 500 g/mol. The van der Waals surface area contributed by atoms with Crippen LogP contribution in [0.3, 0.4) is 0 Å². The molecule has 0 saturated carbocycles. The maximum atomic E-state index is 12.6. The van der Waals surface area contributed by atoms with E-state index in [9.17, 15) is 9.90 Å². The maximum Gasteiger partial charge on any atom is 0.222 e. The first-order valence-corrected chi connectivity index (χ1v) is 14.0. The number of benzene rings is 3. The number of aryl methyl sites for hydroxylation is 1. The zero-order chi connectivity index (χ0) is 25.5. The van der Waals surface area contributed by atoms with E-state index in [1.165, 1.54) is 22.8 Å². The van der Waals surface area contributed by atoms with Crippen molar-refractivity contribution >= 4 is 16.7 Å². The zero-order valence-corrected chi connectivity index (χ0v) is 21.9. The first kappa shape index (κ1) is 25.7. The van der Waals surface area contributed by atoms with Crippen LogP contribution in [0.1, 0.15) is 55.6 Å². The topological polar surface area (TPSA) is 53.0 Å². The number of ether oxygens (including phenoxy) is 1. The molecule has 1 amide bonds. The molecule has 2 saturated heterocycles. The number of aliphatic hydroxyl groups is 1. The number of nitrogens with zero attached hydrogens (tertiary/aromatic N) is 2. The average molecular weight is 501 g/mol. The molecule has 5 heteroatoms. The summed E-state index contributed by atoms with van der Waals surface area (Å²) in [5, 5.41) is 13.4. The molecule has 2 aliphatic rings. The van der Waals surface area contributed by atoms with E-state index in [4.69, 9.17) is 4.74 Å².